The molecule has 0 aromatic heterocycles. The molecule has 3 heteroatoms. The molecule has 0 saturated heterocycles. The Morgan fingerprint density at radius 2 is 1.72 bits per heavy atom. The molecule has 0 amide bonds. The molecule has 2 aromatic rings. The molecule has 2 nitrogen and oxygen atoms in total. The topological polar surface area (TPSA) is 15.3 Å². The molecular formula is C15H15ClN2. The van der Waals surface area contributed by atoms with Crippen LogP contribution in [0.25, 0.3) is 0 Å². The number of hydrogen-bond acceptors (Lipinski definition) is 2. The molecule has 1 N–H and O–H groups in total. The van der Waals surface area contributed by atoms with Crippen molar-refractivity contribution < 1.29 is 0 Å². The van der Waals surface area contributed by atoms with E-state index in [0.717, 1.165) is 23.8 Å². The summed E-state index contributed by atoms with van der Waals surface area (Å²) in [5.74, 6) is 0. The molecular weight excluding hydrogens is 244 g/mol. The summed E-state index contributed by atoms with van der Waals surface area (Å²) in [4.78, 5) is 2.30. The first-order valence-corrected chi connectivity index (χ1v) is 6.42. The molecule has 3 rings (SSSR count). The van der Waals surface area contributed by atoms with E-state index >= 15 is 0 Å². The molecule has 0 radical (unpaired) electrons. The largest absolute Gasteiger partial charge is 0.355 e. The highest BCUT2D eigenvalue weighted by Gasteiger charge is 2.13. The second-order valence-electron chi connectivity index (χ2n) is 4.76. The maximum absolute atomic E-state index is 6.07. The van der Waals surface area contributed by atoms with E-state index in [1.807, 2.05) is 18.2 Å². The van der Waals surface area contributed by atoms with E-state index in [1.165, 1.54) is 16.8 Å². The van der Waals surface area contributed by atoms with Crippen LogP contribution in [0.15, 0.2) is 42.5 Å². The number of para-hydroxylation sites is 1. The van der Waals surface area contributed by atoms with E-state index < -0.39 is 0 Å². The van der Waals surface area contributed by atoms with Crippen LogP contribution in [0.5, 0.6) is 0 Å². The average Bonchev–Trinajstić information content (AvgIpc) is 2.32. The highest BCUT2D eigenvalue weighted by molar-refractivity contribution is 6.30. The predicted octanol–water partition coefficient (Wildman–Crippen LogP) is 4.03. The summed E-state index contributed by atoms with van der Waals surface area (Å²) in [5, 5.41) is 4.30. The van der Waals surface area contributed by atoms with Crippen molar-refractivity contribution in [1.29, 1.82) is 0 Å². The minimum atomic E-state index is 0.790. The molecule has 0 spiro atoms. The van der Waals surface area contributed by atoms with Crippen molar-refractivity contribution in [2.45, 2.75) is 13.1 Å². The zero-order chi connectivity index (χ0) is 12.5. The molecule has 18 heavy (non-hydrogen) atoms. The second-order valence-corrected chi connectivity index (χ2v) is 5.19. The van der Waals surface area contributed by atoms with Gasteiger partial charge < -0.3 is 5.32 Å². The van der Waals surface area contributed by atoms with Gasteiger partial charge in [-0.3, -0.25) is 4.90 Å². The molecule has 2 aromatic carbocycles. The van der Waals surface area contributed by atoms with Crippen LogP contribution in [0.4, 0.5) is 11.4 Å². The van der Waals surface area contributed by atoms with Gasteiger partial charge in [-0.15, -0.1) is 0 Å². The average molecular weight is 259 g/mol. The van der Waals surface area contributed by atoms with Gasteiger partial charge in [0.05, 0.1) is 0 Å². The van der Waals surface area contributed by atoms with Crippen LogP contribution >= 0.6 is 11.6 Å². The smallest absolute Gasteiger partial charge is 0.0431 e. The van der Waals surface area contributed by atoms with Crippen LogP contribution < -0.4 is 5.32 Å². The van der Waals surface area contributed by atoms with Gasteiger partial charge >= 0.3 is 0 Å². The molecule has 0 bridgehead atoms. The van der Waals surface area contributed by atoms with Crippen molar-refractivity contribution in [1.82, 2.24) is 4.90 Å². The van der Waals surface area contributed by atoms with Crippen molar-refractivity contribution in [3.63, 3.8) is 0 Å². The van der Waals surface area contributed by atoms with Crippen molar-refractivity contribution >= 4 is 23.0 Å². The molecule has 0 atom stereocenters. The Labute approximate surface area is 112 Å². The number of nitrogens with zero attached hydrogens (tertiary/aromatic N) is 1. The lowest BCUT2D eigenvalue weighted by Crippen LogP contribution is -2.20. The van der Waals surface area contributed by atoms with Crippen molar-refractivity contribution in [3.8, 4) is 0 Å². The molecule has 0 saturated carbocycles. The summed E-state index contributed by atoms with van der Waals surface area (Å²) in [5.41, 5.74) is 4.87. The maximum atomic E-state index is 6.07. The fourth-order valence-corrected chi connectivity index (χ4v) is 2.57. The van der Waals surface area contributed by atoms with E-state index in [9.17, 15) is 0 Å². The minimum Gasteiger partial charge on any atom is -0.355 e. The van der Waals surface area contributed by atoms with Crippen LogP contribution in [0.2, 0.25) is 5.02 Å². The molecule has 0 unspecified atom stereocenters. The third-order valence-electron chi connectivity index (χ3n) is 3.23. The van der Waals surface area contributed by atoms with Gasteiger partial charge in [0.2, 0.25) is 0 Å². The Morgan fingerprint density at radius 1 is 1.00 bits per heavy atom. The first-order chi connectivity index (χ1) is 8.72. The van der Waals surface area contributed by atoms with Crippen molar-refractivity contribution in [2.75, 3.05) is 12.4 Å². The Hall–Kier alpha value is -1.51. The van der Waals surface area contributed by atoms with Gasteiger partial charge in [0, 0.05) is 29.5 Å². The normalized spacial score (nSPS) is 15.0. The lowest BCUT2D eigenvalue weighted by Gasteiger charge is -2.25. The number of benzene rings is 2. The van der Waals surface area contributed by atoms with Gasteiger partial charge in [0.15, 0.2) is 0 Å². The van der Waals surface area contributed by atoms with E-state index in [1.54, 1.807) is 0 Å². The van der Waals surface area contributed by atoms with Crippen molar-refractivity contribution in [3.05, 3.63) is 58.6 Å². The first-order valence-electron chi connectivity index (χ1n) is 6.04. The third kappa shape index (κ3) is 2.22. The van der Waals surface area contributed by atoms with E-state index in [4.69, 9.17) is 11.6 Å². The number of fused-ring (bicyclic) bond motifs is 2. The summed E-state index contributed by atoms with van der Waals surface area (Å²) in [6.07, 6.45) is 0. The minimum absolute atomic E-state index is 0.790. The quantitative estimate of drug-likeness (QED) is 0.768. The number of rotatable bonds is 0. The Bertz CT molecular complexity index is 580. The highest BCUT2D eigenvalue weighted by Crippen LogP contribution is 2.30. The molecule has 0 fully saturated rings. The number of hydrogen-bond donors (Lipinski definition) is 1. The maximum Gasteiger partial charge on any atom is 0.0431 e. The first kappa shape index (κ1) is 11.6. The Balaban J connectivity index is 2.09. The van der Waals surface area contributed by atoms with Gasteiger partial charge in [-0.05, 0) is 42.4 Å². The van der Waals surface area contributed by atoms with Crippen LogP contribution in [-0.4, -0.2) is 11.9 Å². The van der Waals surface area contributed by atoms with Gasteiger partial charge in [0.1, 0.15) is 0 Å². The summed E-state index contributed by atoms with van der Waals surface area (Å²) in [6.45, 7) is 1.84. The molecule has 1 aliphatic heterocycles. The van der Waals surface area contributed by atoms with Crippen LogP contribution in [-0.2, 0) is 13.1 Å². The number of nitrogens with one attached hydrogen (secondary N) is 1. The van der Waals surface area contributed by atoms with Crippen molar-refractivity contribution in [2.24, 2.45) is 0 Å². The molecule has 1 heterocycles. The second kappa shape index (κ2) is 4.63. The lowest BCUT2D eigenvalue weighted by molar-refractivity contribution is 0.319. The fourth-order valence-electron chi connectivity index (χ4n) is 2.38. The van der Waals surface area contributed by atoms with E-state index in [0.29, 0.717) is 0 Å². The van der Waals surface area contributed by atoms with Gasteiger partial charge in [-0.25, -0.2) is 0 Å². The van der Waals surface area contributed by atoms with Crippen LogP contribution in [0, 0.1) is 0 Å². The zero-order valence-electron chi connectivity index (χ0n) is 10.3. The number of halogens is 1. The summed E-state index contributed by atoms with van der Waals surface area (Å²) < 4.78 is 0. The Kier molecular flexibility index (Phi) is 2.98. The van der Waals surface area contributed by atoms with Crippen LogP contribution in [0.1, 0.15) is 11.1 Å². The summed E-state index contributed by atoms with van der Waals surface area (Å²) >= 11 is 6.07. The lowest BCUT2D eigenvalue weighted by atomic mass is 10.1. The van der Waals surface area contributed by atoms with Gasteiger partial charge in [-0.1, -0.05) is 29.8 Å². The Morgan fingerprint density at radius 3 is 2.61 bits per heavy atom. The van der Waals surface area contributed by atoms with Crippen LogP contribution in [0.3, 0.4) is 0 Å². The van der Waals surface area contributed by atoms with Gasteiger partial charge in [-0.2, -0.15) is 0 Å². The third-order valence-corrected chi connectivity index (χ3v) is 3.47. The molecule has 1 aliphatic rings. The molecule has 0 aliphatic carbocycles. The number of anilines is 2. The monoisotopic (exact) mass is 258 g/mol. The zero-order valence-corrected chi connectivity index (χ0v) is 11.0. The SMILES string of the molecule is CN1Cc2ccccc2Nc2ccc(Cl)cc2C1. The predicted molar refractivity (Wildman–Crippen MR) is 76.3 cm³/mol. The van der Waals surface area contributed by atoms with E-state index in [2.05, 4.69) is 41.5 Å². The highest BCUT2D eigenvalue weighted by atomic mass is 35.5. The standard InChI is InChI=1S/C15H15ClN2/c1-18-9-11-4-2-3-5-14(11)17-15-7-6-13(16)8-12(15)10-18/h2-8,17H,9-10H2,1H3. The summed E-state index contributed by atoms with van der Waals surface area (Å²) in [6, 6.07) is 14.4. The van der Waals surface area contributed by atoms with E-state index in [-0.39, 0.29) is 0 Å². The molecule has 92 valence electrons. The van der Waals surface area contributed by atoms with Gasteiger partial charge in [0.25, 0.3) is 0 Å². The fraction of sp³-hybridized carbons (Fsp3) is 0.200. The summed E-state index contributed by atoms with van der Waals surface area (Å²) in [7, 11) is 2.13.